The molecule has 0 spiro atoms. The van der Waals surface area contributed by atoms with Crippen LogP contribution in [-0.4, -0.2) is 0 Å². The molecule has 0 fully saturated rings. The molecule has 2 aromatic rings. The summed E-state index contributed by atoms with van der Waals surface area (Å²) in [4.78, 5) is 0. The summed E-state index contributed by atoms with van der Waals surface area (Å²) in [6, 6.07) is 7.75. The standard InChI is InChI=1S/C13H6BrF3N2/c14-9-3-8(2-1-7(9)6-18)19-13-5-11(16)10(15)4-12(13)17/h1-5,19H. The van der Waals surface area contributed by atoms with E-state index < -0.39 is 17.5 Å². The van der Waals surface area contributed by atoms with E-state index in [4.69, 9.17) is 5.26 Å². The molecule has 0 amide bonds. The Hall–Kier alpha value is -2.00. The summed E-state index contributed by atoms with van der Waals surface area (Å²) in [7, 11) is 0. The van der Waals surface area contributed by atoms with Crippen LogP contribution in [0.3, 0.4) is 0 Å². The summed E-state index contributed by atoms with van der Waals surface area (Å²) < 4.78 is 39.7. The first-order valence-corrected chi connectivity index (χ1v) is 5.92. The molecule has 0 aromatic heterocycles. The quantitative estimate of drug-likeness (QED) is 0.826. The SMILES string of the molecule is N#Cc1ccc(Nc2cc(F)c(F)cc2F)cc1Br. The molecule has 2 nitrogen and oxygen atoms in total. The molecule has 0 saturated heterocycles. The largest absolute Gasteiger partial charge is 0.353 e. The van der Waals surface area contributed by atoms with Crippen molar-refractivity contribution in [1.29, 1.82) is 5.26 Å². The second-order valence-electron chi connectivity index (χ2n) is 3.68. The van der Waals surface area contributed by atoms with E-state index in [0.29, 0.717) is 21.8 Å². The first kappa shape index (κ1) is 13.4. The molecule has 96 valence electrons. The van der Waals surface area contributed by atoms with Gasteiger partial charge in [-0.2, -0.15) is 5.26 Å². The lowest BCUT2D eigenvalue weighted by atomic mass is 10.2. The first-order chi connectivity index (χ1) is 9.01. The molecular formula is C13H6BrF3N2. The Bertz CT molecular complexity index is 680. The van der Waals surface area contributed by atoms with Crippen molar-refractivity contribution in [1.82, 2.24) is 0 Å². The highest BCUT2D eigenvalue weighted by Crippen LogP contribution is 2.26. The number of halogens is 4. The normalized spacial score (nSPS) is 10.1. The van der Waals surface area contributed by atoms with Gasteiger partial charge in [-0.1, -0.05) is 0 Å². The Labute approximate surface area is 115 Å². The minimum atomic E-state index is -1.25. The Kier molecular flexibility index (Phi) is 3.76. The third-order valence-electron chi connectivity index (χ3n) is 2.38. The van der Waals surface area contributed by atoms with Crippen molar-refractivity contribution in [2.24, 2.45) is 0 Å². The summed E-state index contributed by atoms with van der Waals surface area (Å²) in [5.74, 6) is -3.29. The van der Waals surface area contributed by atoms with Crippen molar-refractivity contribution >= 4 is 27.3 Å². The molecule has 0 radical (unpaired) electrons. The van der Waals surface area contributed by atoms with Gasteiger partial charge in [-0.25, -0.2) is 13.2 Å². The van der Waals surface area contributed by atoms with Crippen LogP contribution >= 0.6 is 15.9 Å². The summed E-state index contributed by atoms with van der Waals surface area (Å²) >= 11 is 3.17. The molecule has 2 rings (SSSR count). The van der Waals surface area contributed by atoms with Gasteiger partial charge in [0.2, 0.25) is 0 Å². The minimum Gasteiger partial charge on any atom is -0.353 e. The van der Waals surface area contributed by atoms with Crippen molar-refractivity contribution < 1.29 is 13.2 Å². The molecule has 0 atom stereocenters. The molecule has 0 aliphatic rings. The molecule has 19 heavy (non-hydrogen) atoms. The van der Waals surface area contributed by atoms with Gasteiger partial charge in [0.1, 0.15) is 11.9 Å². The molecule has 0 unspecified atom stereocenters. The molecular weight excluding hydrogens is 321 g/mol. The topological polar surface area (TPSA) is 35.8 Å². The number of hydrogen-bond donors (Lipinski definition) is 1. The lowest BCUT2D eigenvalue weighted by molar-refractivity contribution is 0.496. The number of rotatable bonds is 2. The van der Waals surface area contributed by atoms with Crippen LogP contribution < -0.4 is 5.32 Å². The van der Waals surface area contributed by atoms with Gasteiger partial charge in [0.25, 0.3) is 0 Å². The van der Waals surface area contributed by atoms with E-state index in [0.717, 1.165) is 6.07 Å². The van der Waals surface area contributed by atoms with Gasteiger partial charge < -0.3 is 5.32 Å². The van der Waals surface area contributed by atoms with Gasteiger partial charge in [0, 0.05) is 22.3 Å². The van der Waals surface area contributed by atoms with Gasteiger partial charge in [-0.05, 0) is 34.1 Å². The predicted octanol–water partition coefficient (Wildman–Crippen LogP) is 4.48. The highest BCUT2D eigenvalue weighted by molar-refractivity contribution is 9.10. The number of anilines is 2. The summed E-state index contributed by atoms with van der Waals surface area (Å²) in [5, 5.41) is 11.4. The van der Waals surface area contributed by atoms with Gasteiger partial charge in [0.15, 0.2) is 11.6 Å². The highest BCUT2D eigenvalue weighted by atomic mass is 79.9. The summed E-state index contributed by atoms with van der Waals surface area (Å²) in [6.45, 7) is 0. The van der Waals surface area contributed by atoms with Crippen molar-refractivity contribution in [3.8, 4) is 6.07 Å². The predicted molar refractivity (Wildman–Crippen MR) is 68.5 cm³/mol. The maximum Gasteiger partial charge on any atom is 0.161 e. The third kappa shape index (κ3) is 2.88. The zero-order valence-electron chi connectivity index (χ0n) is 9.35. The maximum atomic E-state index is 13.4. The van der Waals surface area contributed by atoms with E-state index in [1.54, 1.807) is 6.07 Å². The molecule has 0 saturated carbocycles. The van der Waals surface area contributed by atoms with Crippen molar-refractivity contribution in [3.05, 3.63) is 57.8 Å². The summed E-state index contributed by atoms with van der Waals surface area (Å²) in [5.41, 5.74) is 0.669. The maximum absolute atomic E-state index is 13.4. The average Bonchev–Trinajstić information content (AvgIpc) is 2.36. The summed E-state index contributed by atoms with van der Waals surface area (Å²) in [6.07, 6.45) is 0. The fraction of sp³-hybridized carbons (Fsp3) is 0. The van der Waals surface area contributed by atoms with Gasteiger partial charge in [-0.3, -0.25) is 0 Å². The molecule has 1 N–H and O–H groups in total. The van der Waals surface area contributed by atoms with E-state index in [1.165, 1.54) is 12.1 Å². The van der Waals surface area contributed by atoms with Crippen LogP contribution in [-0.2, 0) is 0 Å². The first-order valence-electron chi connectivity index (χ1n) is 5.12. The van der Waals surface area contributed by atoms with Crippen LogP contribution in [0.1, 0.15) is 5.56 Å². The Morgan fingerprint density at radius 3 is 2.32 bits per heavy atom. The van der Waals surface area contributed by atoms with Crippen LogP contribution in [0.4, 0.5) is 24.5 Å². The van der Waals surface area contributed by atoms with E-state index in [9.17, 15) is 13.2 Å². The smallest absolute Gasteiger partial charge is 0.161 e. The van der Waals surface area contributed by atoms with E-state index in [2.05, 4.69) is 21.2 Å². The van der Waals surface area contributed by atoms with Crippen LogP contribution in [0.2, 0.25) is 0 Å². The fourth-order valence-electron chi connectivity index (χ4n) is 1.46. The van der Waals surface area contributed by atoms with E-state index in [1.807, 2.05) is 6.07 Å². The second-order valence-corrected chi connectivity index (χ2v) is 4.53. The molecule has 0 bridgehead atoms. The van der Waals surface area contributed by atoms with Crippen LogP contribution in [0, 0.1) is 28.8 Å². The van der Waals surface area contributed by atoms with Crippen LogP contribution in [0.15, 0.2) is 34.8 Å². The second kappa shape index (κ2) is 5.33. The van der Waals surface area contributed by atoms with Gasteiger partial charge in [0.05, 0.1) is 11.3 Å². The lowest BCUT2D eigenvalue weighted by Gasteiger charge is -2.09. The number of nitrogens with zero attached hydrogens (tertiary/aromatic N) is 1. The zero-order valence-corrected chi connectivity index (χ0v) is 10.9. The fourth-order valence-corrected chi connectivity index (χ4v) is 1.92. The van der Waals surface area contributed by atoms with E-state index in [-0.39, 0.29) is 5.69 Å². The number of benzene rings is 2. The Balaban J connectivity index is 2.34. The van der Waals surface area contributed by atoms with Crippen LogP contribution in [0.5, 0.6) is 0 Å². The third-order valence-corrected chi connectivity index (χ3v) is 3.03. The van der Waals surface area contributed by atoms with E-state index >= 15 is 0 Å². The van der Waals surface area contributed by atoms with Crippen molar-refractivity contribution in [2.45, 2.75) is 0 Å². The average molecular weight is 327 g/mol. The monoisotopic (exact) mass is 326 g/mol. The molecule has 2 aromatic carbocycles. The molecule has 0 aliphatic carbocycles. The minimum absolute atomic E-state index is 0.185. The van der Waals surface area contributed by atoms with Gasteiger partial charge in [-0.15, -0.1) is 0 Å². The van der Waals surface area contributed by atoms with Crippen molar-refractivity contribution in [2.75, 3.05) is 5.32 Å². The van der Waals surface area contributed by atoms with Gasteiger partial charge >= 0.3 is 0 Å². The number of nitriles is 1. The Morgan fingerprint density at radius 2 is 1.68 bits per heavy atom. The Morgan fingerprint density at radius 1 is 1.00 bits per heavy atom. The number of hydrogen-bond acceptors (Lipinski definition) is 2. The van der Waals surface area contributed by atoms with Crippen molar-refractivity contribution in [3.63, 3.8) is 0 Å². The number of nitrogens with one attached hydrogen (secondary N) is 1. The van der Waals surface area contributed by atoms with Crippen LogP contribution in [0.25, 0.3) is 0 Å². The molecule has 0 heterocycles. The zero-order chi connectivity index (χ0) is 14.0. The highest BCUT2D eigenvalue weighted by Gasteiger charge is 2.10. The molecule has 0 aliphatic heterocycles. The molecule has 6 heteroatoms. The lowest BCUT2D eigenvalue weighted by Crippen LogP contribution is -1.97.